The molecule has 3 aromatic rings. The number of benzene rings is 1. The average Bonchev–Trinajstić information content (AvgIpc) is 3.14. The molecule has 0 fully saturated rings. The molecule has 0 unspecified atom stereocenters. The quantitative estimate of drug-likeness (QED) is 0.733. The number of hydrogen-bond acceptors (Lipinski definition) is 6. The molecule has 0 amide bonds. The first-order chi connectivity index (χ1) is 10.1. The number of anilines is 1. The van der Waals surface area contributed by atoms with Gasteiger partial charge >= 0.3 is 0 Å². The van der Waals surface area contributed by atoms with E-state index >= 15 is 0 Å². The average molecular weight is 326 g/mol. The van der Waals surface area contributed by atoms with Crippen LogP contribution in [0, 0.1) is 0 Å². The van der Waals surface area contributed by atoms with Crippen LogP contribution >= 0.6 is 11.6 Å². The van der Waals surface area contributed by atoms with Crippen LogP contribution in [0.2, 0.25) is 5.02 Å². The predicted molar refractivity (Wildman–Crippen MR) is 73.6 cm³/mol. The van der Waals surface area contributed by atoms with Crippen LogP contribution in [0.3, 0.4) is 0 Å². The molecule has 1 aromatic carbocycles. The highest BCUT2D eigenvalue weighted by Crippen LogP contribution is 2.26. The molecular formula is C10H8ClN7O2S. The van der Waals surface area contributed by atoms with E-state index in [1.54, 1.807) is 12.1 Å². The summed E-state index contributed by atoms with van der Waals surface area (Å²) in [6.07, 6.45) is 2.73. The van der Waals surface area contributed by atoms with E-state index in [1.807, 2.05) is 0 Å². The molecule has 0 saturated heterocycles. The molecule has 11 heteroatoms. The SMILES string of the molecule is O=S(=O)(Nc1cc(-n2cnnn2)ccc1Cl)c1ccn[nH]1. The summed E-state index contributed by atoms with van der Waals surface area (Å²) >= 11 is 6.01. The van der Waals surface area contributed by atoms with E-state index in [-0.39, 0.29) is 15.7 Å². The van der Waals surface area contributed by atoms with E-state index in [1.165, 1.54) is 29.3 Å². The Labute approximate surface area is 124 Å². The second-order valence-corrected chi connectivity index (χ2v) is 6.00. The van der Waals surface area contributed by atoms with Gasteiger partial charge in [-0.25, -0.2) is 4.68 Å². The predicted octanol–water partition coefficient (Wildman–Crippen LogP) is 0.840. The molecular weight excluding hydrogens is 318 g/mol. The second kappa shape index (κ2) is 5.14. The first-order valence-electron chi connectivity index (χ1n) is 5.61. The molecule has 108 valence electrons. The molecule has 0 aliphatic heterocycles. The summed E-state index contributed by atoms with van der Waals surface area (Å²) in [5.41, 5.74) is 0.769. The first-order valence-corrected chi connectivity index (χ1v) is 7.47. The molecule has 0 bridgehead atoms. The maximum Gasteiger partial charge on any atom is 0.278 e. The lowest BCUT2D eigenvalue weighted by Crippen LogP contribution is -2.14. The van der Waals surface area contributed by atoms with Gasteiger partial charge in [0, 0.05) is 0 Å². The molecule has 21 heavy (non-hydrogen) atoms. The van der Waals surface area contributed by atoms with Gasteiger partial charge in [0.15, 0.2) is 5.03 Å². The Balaban J connectivity index is 1.97. The van der Waals surface area contributed by atoms with Crippen LogP contribution in [0.25, 0.3) is 5.69 Å². The molecule has 2 N–H and O–H groups in total. The van der Waals surface area contributed by atoms with Crippen LogP contribution in [0.4, 0.5) is 5.69 Å². The fourth-order valence-electron chi connectivity index (χ4n) is 1.61. The van der Waals surface area contributed by atoms with Crippen LogP contribution < -0.4 is 4.72 Å². The van der Waals surface area contributed by atoms with Crippen LogP contribution in [0.5, 0.6) is 0 Å². The summed E-state index contributed by atoms with van der Waals surface area (Å²) < 4.78 is 28.0. The number of halogens is 1. The van der Waals surface area contributed by atoms with Gasteiger partial charge in [0.05, 0.1) is 22.6 Å². The van der Waals surface area contributed by atoms with Gasteiger partial charge in [-0.15, -0.1) is 5.10 Å². The molecule has 9 nitrogen and oxygen atoms in total. The fourth-order valence-corrected chi connectivity index (χ4v) is 2.81. The van der Waals surface area contributed by atoms with Crippen molar-refractivity contribution in [2.75, 3.05) is 4.72 Å². The Morgan fingerprint density at radius 1 is 1.29 bits per heavy atom. The lowest BCUT2D eigenvalue weighted by Gasteiger charge is -2.09. The Kier molecular flexibility index (Phi) is 3.31. The number of H-pyrrole nitrogens is 1. The zero-order valence-corrected chi connectivity index (χ0v) is 11.9. The summed E-state index contributed by atoms with van der Waals surface area (Å²) in [4.78, 5) is 0. The van der Waals surface area contributed by atoms with Gasteiger partial charge in [0.25, 0.3) is 10.0 Å². The molecule has 0 saturated carbocycles. The summed E-state index contributed by atoms with van der Waals surface area (Å²) in [7, 11) is -3.79. The number of nitrogens with zero attached hydrogens (tertiary/aromatic N) is 5. The molecule has 0 atom stereocenters. The van der Waals surface area contributed by atoms with Crippen LogP contribution in [-0.2, 0) is 10.0 Å². The standard InChI is InChI=1S/C10H8ClN7O2S/c11-8-2-1-7(18-6-13-16-17-18)5-9(8)15-21(19,20)10-3-4-12-14-10/h1-6,15H,(H,12,14). The van der Waals surface area contributed by atoms with E-state index in [9.17, 15) is 8.42 Å². The lowest BCUT2D eigenvalue weighted by molar-refractivity contribution is 0.597. The molecule has 0 radical (unpaired) electrons. The number of aromatic nitrogens is 6. The Hall–Kier alpha value is -2.46. The van der Waals surface area contributed by atoms with Crippen molar-refractivity contribution in [2.45, 2.75) is 5.03 Å². The number of nitrogens with one attached hydrogen (secondary N) is 2. The number of tetrazole rings is 1. The maximum atomic E-state index is 12.1. The summed E-state index contributed by atoms with van der Waals surface area (Å²) in [6.45, 7) is 0. The van der Waals surface area contributed by atoms with Crippen molar-refractivity contribution in [2.24, 2.45) is 0 Å². The topological polar surface area (TPSA) is 118 Å². The van der Waals surface area contributed by atoms with Crippen LogP contribution in [-0.4, -0.2) is 38.8 Å². The van der Waals surface area contributed by atoms with E-state index in [2.05, 4.69) is 30.4 Å². The number of rotatable bonds is 4. The summed E-state index contributed by atoms with van der Waals surface area (Å²) in [5, 5.41) is 16.9. The highest BCUT2D eigenvalue weighted by molar-refractivity contribution is 7.92. The number of aromatic amines is 1. The van der Waals surface area contributed by atoms with E-state index in [0.29, 0.717) is 5.69 Å². The Bertz CT molecular complexity index is 846. The molecule has 0 spiro atoms. The lowest BCUT2D eigenvalue weighted by atomic mass is 10.3. The monoisotopic (exact) mass is 325 g/mol. The van der Waals surface area contributed by atoms with Crippen molar-refractivity contribution in [3.05, 3.63) is 41.8 Å². The second-order valence-electron chi connectivity index (χ2n) is 3.94. The third-order valence-electron chi connectivity index (χ3n) is 2.57. The molecule has 0 aliphatic carbocycles. The van der Waals surface area contributed by atoms with Crippen LogP contribution in [0.15, 0.2) is 41.8 Å². The largest absolute Gasteiger partial charge is 0.278 e. The Morgan fingerprint density at radius 2 is 2.14 bits per heavy atom. The van der Waals surface area contributed by atoms with Crippen molar-refractivity contribution in [1.82, 2.24) is 30.4 Å². The van der Waals surface area contributed by atoms with E-state index < -0.39 is 10.0 Å². The Morgan fingerprint density at radius 3 is 2.81 bits per heavy atom. The molecule has 0 aliphatic rings. The van der Waals surface area contributed by atoms with Crippen molar-refractivity contribution < 1.29 is 8.42 Å². The highest BCUT2D eigenvalue weighted by atomic mass is 35.5. The molecule has 2 heterocycles. The van der Waals surface area contributed by atoms with Crippen molar-refractivity contribution >= 4 is 27.3 Å². The normalized spacial score (nSPS) is 11.5. The number of sulfonamides is 1. The maximum absolute atomic E-state index is 12.1. The van der Waals surface area contributed by atoms with Gasteiger partial charge in [-0.05, 0) is 34.7 Å². The van der Waals surface area contributed by atoms with Crippen LogP contribution in [0.1, 0.15) is 0 Å². The minimum atomic E-state index is -3.79. The third-order valence-corrected chi connectivity index (χ3v) is 4.20. The van der Waals surface area contributed by atoms with Gasteiger partial charge in [0.2, 0.25) is 0 Å². The van der Waals surface area contributed by atoms with Crippen molar-refractivity contribution in [1.29, 1.82) is 0 Å². The van der Waals surface area contributed by atoms with Gasteiger partial charge in [0.1, 0.15) is 6.33 Å². The summed E-state index contributed by atoms with van der Waals surface area (Å²) in [5.74, 6) is 0. The van der Waals surface area contributed by atoms with Gasteiger partial charge in [-0.2, -0.15) is 13.5 Å². The number of hydrogen-bond donors (Lipinski definition) is 2. The van der Waals surface area contributed by atoms with Gasteiger partial charge < -0.3 is 0 Å². The third kappa shape index (κ3) is 2.71. The minimum Gasteiger partial charge on any atom is -0.277 e. The zero-order chi connectivity index (χ0) is 14.9. The van der Waals surface area contributed by atoms with E-state index in [0.717, 1.165) is 0 Å². The minimum absolute atomic E-state index is 0.0635. The van der Waals surface area contributed by atoms with Gasteiger partial charge in [-0.3, -0.25) is 9.82 Å². The van der Waals surface area contributed by atoms with Crippen molar-refractivity contribution in [3.8, 4) is 5.69 Å². The molecule has 3 rings (SSSR count). The van der Waals surface area contributed by atoms with Gasteiger partial charge in [-0.1, -0.05) is 11.6 Å². The fraction of sp³-hybridized carbons (Fsp3) is 0. The summed E-state index contributed by atoms with van der Waals surface area (Å²) in [6, 6.07) is 6.06. The van der Waals surface area contributed by atoms with E-state index in [4.69, 9.17) is 11.6 Å². The highest BCUT2D eigenvalue weighted by Gasteiger charge is 2.17. The zero-order valence-electron chi connectivity index (χ0n) is 10.3. The van der Waals surface area contributed by atoms with Crippen molar-refractivity contribution in [3.63, 3.8) is 0 Å². The molecule has 2 aromatic heterocycles. The smallest absolute Gasteiger partial charge is 0.277 e. The first kappa shape index (κ1) is 13.5.